The Balaban J connectivity index is 1.48. The van der Waals surface area contributed by atoms with Crippen LogP contribution in [0.5, 0.6) is 0 Å². The molecule has 1 N–H and O–H groups in total. The molecule has 1 saturated heterocycles. The van der Waals surface area contributed by atoms with E-state index in [0.29, 0.717) is 18.7 Å². The van der Waals surface area contributed by atoms with Gasteiger partial charge in [0.25, 0.3) is 11.6 Å². The van der Waals surface area contributed by atoms with E-state index in [1.54, 1.807) is 0 Å². The number of hydrogen-bond acceptors (Lipinski definition) is 3. The average molecular weight is 402 g/mol. The van der Waals surface area contributed by atoms with E-state index in [1.807, 2.05) is 17.0 Å². The third-order valence-electron chi connectivity index (χ3n) is 5.69. The van der Waals surface area contributed by atoms with Gasteiger partial charge in [-0.3, -0.25) is 14.9 Å². The maximum absolute atomic E-state index is 12.8. The predicted octanol–water partition coefficient (Wildman–Crippen LogP) is 2.73. The molecule has 3 aromatic carbocycles. The van der Waals surface area contributed by atoms with E-state index >= 15 is 0 Å². The molecule has 4 rings (SSSR count). The van der Waals surface area contributed by atoms with Crippen molar-refractivity contribution in [2.75, 3.05) is 26.2 Å². The van der Waals surface area contributed by atoms with E-state index in [1.165, 1.54) is 40.3 Å². The van der Waals surface area contributed by atoms with E-state index in [-0.39, 0.29) is 17.6 Å². The van der Waals surface area contributed by atoms with Gasteiger partial charge in [-0.2, -0.15) is 0 Å². The highest BCUT2D eigenvalue weighted by Gasteiger charge is 2.31. The first kappa shape index (κ1) is 19.8. The first-order valence-corrected chi connectivity index (χ1v) is 10.1. The van der Waals surface area contributed by atoms with Crippen LogP contribution in [0, 0.1) is 10.1 Å². The Labute approximate surface area is 175 Å². The van der Waals surface area contributed by atoms with Crippen molar-refractivity contribution < 1.29 is 14.6 Å². The van der Waals surface area contributed by atoms with Gasteiger partial charge in [0.1, 0.15) is 6.04 Å². The molecule has 0 spiro atoms. The summed E-state index contributed by atoms with van der Waals surface area (Å²) in [7, 11) is 0. The van der Waals surface area contributed by atoms with Crippen LogP contribution in [0.3, 0.4) is 0 Å². The highest BCUT2D eigenvalue weighted by atomic mass is 16.6. The van der Waals surface area contributed by atoms with Crippen LogP contribution in [0.4, 0.5) is 5.69 Å². The number of piperazine rings is 1. The fraction of sp³-hybridized carbons (Fsp3) is 0.208. The molecule has 6 heteroatoms. The van der Waals surface area contributed by atoms with Crippen LogP contribution in [0.1, 0.15) is 27.5 Å². The SMILES string of the molecule is O=C(c1ccc([N+](=O)[O-])cc1)N1CC[NH+](C(c2ccccc2)c2ccccc2)CC1. The lowest BCUT2D eigenvalue weighted by Crippen LogP contribution is -3.15. The van der Waals surface area contributed by atoms with Crippen molar-refractivity contribution in [1.82, 2.24) is 4.90 Å². The largest absolute Gasteiger partial charge is 0.327 e. The van der Waals surface area contributed by atoms with Gasteiger partial charge in [-0.15, -0.1) is 0 Å². The van der Waals surface area contributed by atoms with Crippen molar-refractivity contribution in [1.29, 1.82) is 0 Å². The standard InChI is InChI=1S/C24H23N3O3/c28-24(21-11-13-22(14-12-21)27(29)30)26-17-15-25(16-18-26)23(19-7-3-1-4-8-19)20-9-5-2-6-10-20/h1-14,23H,15-18H2/p+1. The summed E-state index contributed by atoms with van der Waals surface area (Å²) in [4.78, 5) is 26.5. The number of nitro benzene ring substituents is 1. The lowest BCUT2D eigenvalue weighted by atomic mass is 9.96. The van der Waals surface area contributed by atoms with E-state index in [4.69, 9.17) is 0 Å². The van der Waals surface area contributed by atoms with Gasteiger partial charge < -0.3 is 9.80 Å². The van der Waals surface area contributed by atoms with Crippen molar-refractivity contribution in [2.45, 2.75) is 6.04 Å². The van der Waals surface area contributed by atoms with Crippen LogP contribution < -0.4 is 4.90 Å². The topological polar surface area (TPSA) is 67.9 Å². The maximum atomic E-state index is 12.8. The molecule has 3 aromatic rings. The van der Waals surface area contributed by atoms with Gasteiger partial charge in [-0.25, -0.2) is 0 Å². The molecule has 1 heterocycles. The lowest BCUT2D eigenvalue weighted by Gasteiger charge is -2.37. The van der Waals surface area contributed by atoms with Crippen molar-refractivity contribution in [3.05, 3.63) is 112 Å². The summed E-state index contributed by atoms with van der Waals surface area (Å²) in [5.41, 5.74) is 3.03. The number of hydrogen-bond donors (Lipinski definition) is 1. The smallest absolute Gasteiger partial charge is 0.269 e. The number of rotatable bonds is 5. The zero-order chi connectivity index (χ0) is 20.9. The molecule has 1 amide bonds. The number of non-ortho nitro benzene ring substituents is 1. The molecule has 1 aliphatic heterocycles. The Hall–Kier alpha value is -3.51. The minimum Gasteiger partial charge on any atom is -0.327 e. The van der Waals surface area contributed by atoms with Crippen LogP contribution in [-0.4, -0.2) is 41.9 Å². The lowest BCUT2D eigenvalue weighted by molar-refractivity contribution is -0.929. The predicted molar refractivity (Wildman–Crippen MR) is 114 cm³/mol. The molecule has 0 aliphatic carbocycles. The normalized spacial score (nSPS) is 14.6. The summed E-state index contributed by atoms with van der Waals surface area (Å²) in [5, 5.41) is 10.8. The molecule has 0 saturated carbocycles. The number of amides is 1. The molecule has 0 unspecified atom stereocenters. The number of nitro groups is 1. The molecule has 0 aromatic heterocycles. The first-order valence-electron chi connectivity index (χ1n) is 10.1. The van der Waals surface area contributed by atoms with Crippen LogP contribution in [0.15, 0.2) is 84.9 Å². The molecular formula is C24H24N3O3+. The van der Waals surface area contributed by atoms with Crippen LogP contribution >= 0.6 is 0 Å². The summed E-state index contributed by atoms with van der Waals surface area (Å²) < 4.78 is 0. The Morgan fingerprint density at radius 1 is 0.833 bits per heavy atom. The number of nitrogens with zero attached hydrogens (tertiary/aromatic N) is 2. The number of benzene rings is 3. The fourth-order valence-electron chi connectivity index (χ4n) is 4.15. The summed E-state index contributed by atoms with van der Waals surface area (Å²) in [5.74, 6) is -0.0695. The maximum Gasteiger partial charge on any atom is 0.269 e. The molecule has 0 atom stereocenters. The highest BCUT2D eigenvalue weighted by molar-refractivity contribution is 5.94. The van der Waals surface area contributed by atoms with Crippen molar-refractivity contribution in [3.63, 3.8) is 0 Å². The molecule has 0 radical (unpaired) electrons. The van der Waals surface area contributed by atoms with Crippen molar-refractivity contribution >= 4 is 11.6 Å². The van der Waals surface area contributed by atoms with Gasteiger partial charge in [0.15, 0.2) is 0 Å². The Morgan fingerprint density at radius 2 is 1.33 bits per heavy atom. The van der Waals surface area contributed by atoms with Crippen LogP contribution in [0.2, 0.25) is 0 Å². The van der Waals surface area contributed by atoms with Crippen LogP contribution in [-0.2, 0) is 0 Å². The third-order valence-corrected chi connectivity index (χ3v) is 5.69. The quantitative estimate of drug-likeness (QED) is 0.527. The Bertz CT molecular complexity index is 959. The molecule has 30 heavy (non-hydrogen) atoms. The minimum atomic E-state index is -0.455. The summed E-state index contributed by atoms with van der Waals surface area (Å²) in [6, 6.07) is 27.1. The van der Waals surface area contributed by atoms with E-state index in [0.717, 1.165) is 13.1 Å². The first-order chi connectivity index (χ1) is 14.6. The third kappa shape index (κ3) is 4.23. The van der Waals surface area contributed by atoms with E-state index in [2.05, 4.69) is 48.5 Å². The second-order valence-corrected chi connectivity index (χ2v) is 7.51. The average Bonchev–Trinajstić information content (AvgIpc) is 2.81. The fourth-order valence-corrected chi connectivity index (χ4v) is 4.15. The number of nitrogens with one attached hydrogen (secondary N) is 1. The molecule has 6 nitrogen and oxygen atoms in total. The number of carbonyl (C=O) groups is 1. The second-order valence-electron chi connectivity index (χ2n) is 7.51. The monoisotopic (exact) mass is 402 g/mol. The van der Waals surface area contributed by atoms with Gasteiger partial charge in [0.05, 0.1) is 31.1 Å². The highest BCUT2D eigenvalue weighted by Crippen LogP contribution is 2.20. The van der Waals surface area contributed by atoms with Gasteiger partial charge in [-0.05, 0) is 12.1 Å². The minimum absolute atomic E-state index is 0.00521. The summed E-state index contributed by atoms with van der Waals surface area (Å²) in [6.07, 6.45) is 0. The van der Waals surface area contributed by atoms with Gasteiger partial charge in [-0.1, -0.05) is 60.7 Å². The van der Waals surface area contributed by atoms with Crippen molar-refractivity contribution in [3.8, 4) is 0 Å². The van der Waals surface area contributed by atoms with Gasteiger partial charge in [0.2, 0.25) is 0 Å². The number of carbonyl (C=O) groups excluding carboxylic acids is 1. The zero-order valence-electron chi connectivity index (χ0n) is 16.6. The molecule has 1 fully saturated rings. The number of quaternary nitrogens is 1. The van der Waals surface area contributed by atoms with E-state index < -0.39 is 4.92 Å². The second kappa shape index (κ2) is 8.88. The van der Waals surface area contributed by atoms with Crippen LogP contribution in [0.25, 0.3) is 0 Å². The summed E-state index contributed by atoms with van der Waals surface area (Å²) in [6.45, 7) is 2.99. The molecular weight excluding hydrogens is 378 g/mol. The zero-order valence-corrected chi connectivity index (χ0v) is 16.6. The summed E-state index contributed by atoms with van der Waals surface area (Å²) >= 11 is 0. The Morgan fingerprint density at radius 3 is 1.80 bits per heavy atom. The molecule has 1 aliphatic rings. The molecule has 0 bridgehead atoms. The van der Waals surface area contributed by atoms with Gasteiger partial charge in [0, 0.05) is 28.8 Å². The van der Waals surface area contributed by atoms with E-state index in [9.17, 15) is 14.9 Å². The van der Waals surface area contributed by atoms with Crippen molar-refractivity contribution in [2.24, 2.45) is 0 Å². The van der Waals surface area contributed by atoms with Gasteiger partial charge >= 0.3 is 0 Å². The molecule has 152 valence electrons. The Kier molecular flexibility index (Phi) is 5.86.